The summed E-state index contributed by atoms with van der Waals surface area (Å²) in [5, 5.41) is 0. The molecule has 0 bridgehead atoms. The van der Waals surface area contributed by atoms with E-state index in [2.05, 4.69) is 26.8 Å². The smallest absolute Gasteiger partial charge is 0.336 e. The van der Waals surface area contributed by atoms with Gasteiger partial charge >= 0.3 is 7.60 Å². The van der Waals surface area contributed by atoms with E-state index in [9.17, 15) is 19.1 Å². The first-order valence-electron chi connectivity index (χ1n) is 8.97. The van der Waals surface area contributed by atoms with Crippen molar-refractivity contribution in [1.29, 1.82) is 0 Å². The summed E-state index contributed by atoms with van der Waals surface area (Å²) >= 11 is 0. The van der Waals surface area contributed by atoms with Gasteiger partial charge in [-0.1, -0.05) is 26.8 Å². The number of benzene rings is 1. The molecule has 144 valence electrons. The molecule has 0 amide bonds. The van der Waals surface area contributed by atoms with Crippen LogP contribution in [0.1, 0.15) is 62.8 Å². The Hall–Kier alpha value is -1.42. The summed E-state index contributed by atoms with van der Waals surface area (Å²) in [4.78, 5) is 30.5. The second-order valence-corrected chi connectivity index (χ2v) is 9.91. The van der Waals surface area contributed by atoms with Crippen LogP contribution in [0.3, 0.4) is 0 Å². The van der Waals surface area contributed by atoms with Gasteiger partial charge in [-0.25, -0.2) is 0 Å². The van der Waals surface area contributed by atoms with Crippen molar-refractivity contribution in [3.63, 3.8) is 0 Å². The van der Waals surface area contributed by atoms with Crippen molar-refractivity contribution in [2.45, 2.75) is 64.5 Å². The molecule has 1 aliphatic carbocycles. The van der Waals surface area contributed by atoms with Gasteiger partial charge in [-0.2, -0.15) is 0 Å². The maximum atomic E-state index is 12.1. The number of ether oxygens (including phenoxy) is 1. The number of allylic oxidation sites excluding steroid dienone is 1. The fraction of sp³-hybridized carbons (Fsp3) is 0.550. The summed E-state index contributed by atoms with van der Waals surface area (Å²) in [5.74, 6) is 0.371. The van der Waals surface area contributed by atoms with Crippen LogP contribution in [0.4, 0.5) is 0 Å². The molecule has 5 nitrogen and oxygen atoms in total. The molecule has 26 heavy (non-hydrogen) atoms. The highest BCUT2D eigenvalue weighted by atomic mass is 31.2. The van der Waals surface area contributed by atoms with Crippen LogP contribution in [0.2, 0.25) is 0 Å². The molecule has 0 saturated carbocycles. The van der Waals surface area contributed by atoms with Gasteiger partial charge in [-0.15, -0.1) is 0 Å². The third-order valence-corrected chi connectivity index (χ3v) is 6.25. The predicted molar refractivity (Wildman–Crippen MR) is 104 cm³/mol. The van der Waals surface area contributed by atoms with E-state index in [0.29, 0.717) is 0 Å². The lowest BCUT2D eigenvalue weighted by molar-refractivity contribution is -0.114. The number of hydrogen-bond acceptors (Lipinski definition) is 3. The molecular formula is C20H29O5P. The molecule has 0 spiro atoms. The van der Waals surface area contributed by atoms with Crippen LogP contribution in [0.25, 0.3) is 6.08 Å². The predicted octanol–water partition coefficient (Wildman–Crippen LogP) is 4.02. The average molecular weight is 380 g/mol. The number of methoxy groups -OCH3 is 1. The molecule has 1 aliphatic rings. The fourth-order valence-electron chi connectivity index (χ4n) is 3.36. The zero-order valence-electron chi connectivity index (χ0n) is 16.2. The Morgan fingerprint density at radius 3 is 2.31 bits per heavy atom. The van der Waals surface area contributed by atoms with Crippen molar-refractivity contribution in [3.05, 3.63) is 34.4 Å². The molecule has 0 aromatic heterocycles. The summed E-state index contributed by atoms with van der Waals surface area (Å²) < 4.78 is 17.0. The minimum absolute atomic E-state index is 0.121. The summed E-state index contributed by atoms with van der Waals surface area (Å²) in [6.45, 7) is 7.62. The van der Waals surface area contributed by atoms with E-state index >= 15 is 0 Å². The molecule has 1 atom stereocenters. The topological polar surface area (TPSA) is 83.8 Å². The van der Waals surface area contributed by atoms with Gasteiger partial charge in [0.25, 0.3) is 0 Å². The SMILES string of the molecule is COc1c(C(C)(C)C)cc(/C=C/C(=O)C(C)P(=O)(O)O)c2c1CCCC2. The molecule has 1 unspecified atom stereocenters. The maximum absolute atomic E-state index is 12.1. The number of hydrogen-bond donors (Lipinski definition) is 2. The Bertz CT molecular complexity index is 767. The van der Waals surface area contributed by atoms with Gasteiger partial charge in [0.15, 0.2) is 5.78 Å². The second-order valence-electron chi connectivity index (χ2n) is 7.96. The molecule has 0 fully saturated rings. The Kier molecular flexibility index (Phi) is 6.17. The first-order chi connectivity index (χ1) is 12.0. The van der Waals surface area contributed by atoms with E-state index in [1.807, 2.05) is 0 Å². The van der Waals surface area contributed by atoms with Crippen molar-refractivity contribution in [1.82, 2.24) is 0 Å². The Labute approximate surface area is 155 Å². The van der Waals surface area contributed by atoms with Gasteiger partial charge in [-0.3, -0.25) is 9.36 Å². The lowest BCUT2D eigenvalue weighted by Crippen LogP contribution is -2.18. The molecule has 0 aliphatic heterocycles. The number of carbonyl (C=O) groups is 1. The van der Waals surface area contributed by atoms with Crippen LogP contribution < -0.4 is 4.74 Å². The minimum Gasteiger partial charge on any atom is -0.496 e. The average Bonchev–Trinajstić information content (AvgIpc) is 2.56. The third-order valence-electron chi connectivity index (χ3n) is 4.99. The van der Waals surface area contributed by atoms with E-state index in [4.69, 9.17) is 4.74 Å². The molecule has 2 N–H and O–H groups in total. The lowest BCUT2D eigenvalue weighted by atomic mass is 9.78. The van der Waals surface area contributed by atoms with E-state index in [1.165, 1.54) is 24.1 Å². The van der Waals surface area contributed by atoms with Crippen LogP contribution >= 0.6 is 7.60 Å². The largest absolute Gasteiger partial charge is 0.496 e. The van der Waals surface area contributed by atoms with Gasteiger partial charge in [0.1, 0.15) is 11.4 Å². The highest BCUT2D eigenvalue weighted by Gasteiger charge is 2.30. The van der Waals surface area contributed by atoms with Crippen molar-refractivity contribution in [3.8, 4) is 5.75 Å². The van der Waals surface area contributed by atoms with E-state index in [-0.39, 0.29) is 5.41 Å². The van der Waals surface area contributed by atoms with Gasteiger partial charge in [-0.05, 0) is 66.9 Å². The van der Waals surface area contributed by atoms with Crippen LogP contribution in [0, 0.1) is 0 Å². The van der Waals surface area contributed by atoms with Crippen LogP contribution in [-0.4, -0.2) is 28.3 Å². The Morgan fingerprint density at radius 1 is 1.23 bits per heavy atom. The van der Waals surface area contributed by atoms with E-state index in [1.54, 1.807) is 13.2 Å². The first-order valence-corrected chi connectivity index (χ1v) is 10.6. The van der Waals surface area contributed by atoms with Gasteiger partial charge in [0, 0.05) is 5.56 Å². The molecule has 1 aromatic carbocycles. The highest BCUT2D eigenvalue weighted by molar-refractivity contribution is 7.53. The molecule has 0 radical (unpaired) electrons. The van der Waals surface area contributed by atoms with Gasteiger partial charge in [0.05, 0.1) is 7.11 Å². The zero-order chi connectivity index (χ0) is 19.7. The highest BCUT2D eigenvalue weighted by Crippen LogP contribution is 2.42. The van der Waals surface area contributed by atoms with E-state index < -0.39 is 19.0 Å². The number of carbonyl (C=O) groups excluding carboxylic acids is 1. The number of ketones is 1. The van der Waals surface area contributed by atoms with Crippen LogP contribution in [0.15, 0.2) is 12.1 Å². The summed E-state index contributed by atoms with van der Waals surface area (Å²) in [5.41, 5.74) is 2.95. The van der Waals surface area contributed by atoms with Crippen molar-refractivity contribution < 1.29 is 23.9 Å². The monoisotopic (exact) mass is 380 g/mol. The molecule has 0 heterocycles. The molecule has 0 saturated heterocycles. The van der Waals surface area contributed by atoms with Gasteiger partial charge in [0.2, 0.25) is 0 Å². The standard InChI is InChI=1S/C20H29O5P/c1-13(26(22,23)24)18(21)11-10-14-12-17(20(2,3)4)19(25-5)16-9-7-6-8-15(14)16/h10-13H,6-9H2,1-5H3,(H2,22,23,24)/b11-10+. The molecule has 2 rings (SSSR count). The summed E-state index contributed by atoms with van der Waals surface area (Å²) in [6, 6.07) is 2.05. The summed E-state index contributed by atoms with van der Waals surface area (Å²) in [7, 11) is -2.73. The Morgan fingerprint density at radius 2 is 1.81 bits per heavy atom. The zero-order valence-corrected chi connectivity index (χ0v) is 17.1. The van der Waals surface area contributed by atoms with E-state index in [0.717, 1.165) is 42.6 Å². The maximum Gasteiger partial charge on any atom is 0.336 e. The van der Waals surface area contributed by atoms with Crippen LogP contribution in [-0.2, 0) is 27.6 Å². The van der Waals surface area contributed by atoms with Gasteiger partial charge < -0.3 is 14.5 Å². The van der Waals surface area contributed by atoms with Crippen molar-refractivity contribution in [2.24, 2.45) is 0 Å². The minimum atomic E-state index is -4.43. The summed E-state index contributed by atoms with van der Waals surface area (Å²) in [6.07, 6.45) is 7.04. The first kappa shape index (κ1) is 20.9. The number of rotatable bonds is 5. The molecular weight excluding hydrogens is 351 g/mol. The Balaban J connectivity index is 2.53. The van der Waals surface area contributed by atoms with Crippen molar-refractivity contribution in [2.75, 3.05) is 7.11 Å². The third kappa shape index (κ3) is 4.46. The normalized spacial score (nSPS) is 16.4. The van der Waals surface area contributed by atoms with Crippen molar-refractivity contribution >= 4 is 19.5 Å². The second kappa shape index (κ2) is 7.67. The fourth-order valence-corrected chi connectivity index (χ4v) is 3.78. The molecule has 1 aromatic rings. The molecule has 6 heteroatoms. The van der Waals surface area contributed by atoms with Crippen LogP contribution in [0.5, 0.6) is 5.75 Å². The quantitative estimate of drug-likeness (QED) is 0.595. The number of fused-ring (bicyclic) bond motifs is 1. The lowest BCUT2D eigenvalue weighted by Gasteiger charge is -2.29.